The van der Waals surface area contributed by atoms with Gasteiger partial charge in [0.15, 0.2) is 5.82 Å². The number of hydrogen-bond donors (Lipinski definition) is 3. The number of anilines is 1. The van der Waals surface area contributed by atoms with Crippen molar-refractivity contribution in [3.8, 4) is 5.75 Å². The van der Waals surface area contributed by atoms with Crippen molar-refractivity contribution < 1.29 is 14.6 Å². The average molecular weight is 396 g/mol. The highest BCUT2D eigenvalue weighted by Gasteiger charge is 2.41. The number of phenolic OH excluding ortho intramolecular Hbond substituents is 1. The Labute approximate surface area is 171 Å². The van der Waals surface area contributed by atoms with Crippen LogP contribution in [0.4, 0.5) is 5.82 Å². The van der Waals surface area contributed by atoms with E-state index in [1.54, 1.807) is 0 Å². The minimum atomic E-state index is -0.300. The van der Waals surface area contributed by atoms with Gasteiger partial charge in [0, 0.05) is 17.2 Å². The van der Waals surface area contributed by atoms with E-state index in [1.807, 2.05) is 19.1 Å². The largest absolute Gasteiger partial charge is 0.507 e. The minimum Gasteiger partial charge on any atom is -0.507 e. The monoisotopic (exact) mass is 395 g/mol. The first kappa shape index (κ1) is 19.6. The summed E-state index contributed by atoms with van der Waals surface area (Å²) >= 11 is 0. The summed E-state index contributed by atoms with van der Waals surface area (Å²) in [5, 5.41) is 21.8. The molecule has 0 saturated carbocycles. The lowest BCUT2D eigenvalue weighted by Crippen LogP contribution is -2.22. The molecule has 4 rings (SSSR count). The van der Waals surface area contributed by atoms with E-state index < -0.39 is 0 Å². The van der Waals surface area contributed by atoms with Gasteiger partial charge in [0.05, 0.1) is 11.3 Å². The number of rotatable bonds is 1. The first-order chi connectivity index (χ1) is 13.4. The second kappa shape index (κ2) is 6.12. The molecule has 3 heterocycles. The summed E-state index contributed by atoms with van der Waals surface area (Å²) in [5.74, 6) is 0.464. The summed E-state index contributed by atoms with van der Waals surface area (Å²) in [6.45, 7) is 14.7. The zero-order chi connectivity index (χ0) is 21.3. The fourth-order valence-electron chi connectivity index (χ4n) is 4.29. The van der Waals surface area contributed by atoms with Crippen molar-refractivity contribution >= 4 is 11.8 Å². The van der Waals surface area contributed by atoms with Gasteiger partial charge in [-0.25, -0.2) is 4.79 Å². The fraction of sp³-hybridized carbons (Fsp3) is 0.478. The summed E-state index contributed by atoms with van der Waals surface area (Å²) in [5.41, 5.74) is 5.46. The number of fused-ring (bicyclic) bond motifs is 1. The molecule has 29 heavy (non-hydrogen) atoms. The lowest BCUT2D eigenvalue weighted by atomic mass is 9.74. The first-order valence-electron chi connectivity index (χ1n) is 9.99. The molecule has 0 amide bonds. The van der Waals surface area contributed by atoms with Crippen LogP contribution in [0.1, 0.15) is 75.4 Å². The molecule has 1 atom stereocenters. The number of carbonyl (C=O) groups excluding carboxylic acids is 1. The standard InChI is InChI=1S/C23H29N3O3/c1-11-16-17(18-15(10-29-21(18)28)24-20(16)26-25-11)12-8-13(22(2,3)4)19(27)14(9-12)23(5,6)7/h8-9,17,27H,10H2,1-7H3,(H2,24,25,26)/t17-/m0/s1. The zero-order valence-electron chi connectivity index (χ0n) is 18.2. The van der Waals surface area contributed by atoms with Gasteiger partial charge < -0.3 is 15.2 Å². The Kier molecular flexibility index (Phi) is 4.12. The molecule has 6 nitrogen and oxygen atoms in total. The molecule has 154 valence electrons. The molecule has 0 saturated heterocycles. The molecule has 1 aromatic carbocycles. The van der Waals surface area contributed by atoms with Crippen LogP contribution in [0.15, 0.2) is 23.4 Å². The van der Waals surface area contributed by atoms with Gasteiger partial charge in [-0.3, -0.25) is 5.10 Å². The van der Waals surface area contributed by atoms with Gasteiger partial charge in [0.25, 0.3) is 0 Å². The molecule has 2 aliphatic rings. The second-order valence-corrected chi connectivity index (χ2v) is 10.1. The number of phenols is 1. The average Bonchev–Trinajstić information content (AvgIpc) is 3.15. The van der Waals surface area contributed by atoms with Gasteiger partial charge in [-0.1, -0.05) is 53.7 Å². The number of esters is 1. The Hall–Kier alpha value is -2.76. The number of aromatic nitrogens is 2. The number of nitrogens with zero attached hydrogens (tertiary/aromatic N) is 1. The number of H-pyrrole nitrogens is 1. The van der Waals surface area contributed by atoms with Crippen LogP contribution in [0.2, 0.25) is 0 Å². The molecule has 0 bridgehead atoms. The number of cyclic esters (lactones) is 1. The SMILES string of the molecule is Cc1[nH]nc2c1[C@H](c1cc(C(C)(C)C)c(O)c(C(C)(C)C)c1)C1=C(COC1=O)N2. The van der Waals surface area contributed by atoms with Crippen LogP contribution >= 0.6 is 0 Å². The number of aromatic hydroxyl groups is 1. The molecule has 0 spiro atoms. The quantitative estimate of drug-likeness (QED) is 0.624. The molecular formula is C23H29N3O3. The molecule has 6 heteroatoms. The summed E-state index contributed by atoms with van der Waals surface area (Å²) in [4.78, 5) is 12.7. The normalized spacial score (nSPS) is 19.0. The van der Waals surface area contributed by atoms with Crippen molar-refractivity contribution in [1.82, 2.24) is 10.2 Å². The van der Waals surface area contributed by atoms with E-state index in [1.165, 1.54) is 0 Å². The lowest BCUT2D eigenvalue weighted by molar-refractivity contribution is -0.136. The van der Waals surface area contributed by atoms with E-state index in [0.29, 0.717) is 11.3 Å². The summed E-state index contributed by atoms with van der Waals surface area (Å²) < 4.78 is 5.35. The van der Waals surface area contributed by atoms with Gasteiger partial charge >= 0.3 is 5.97 Å². The van der Waals surface area contributed by atoms with Crippen LogP contribution in [-0.2, 0) is 20.4 Å². The van der Waals surface area contributed by atoms with Crippen LogP contribution in [0.3, 0.4) is 0 Å². The van der Waals surface area contributed by atoms with E-state index in [2.05, 4.69) is 57.1 Å². The Bertz CT molecular complexity index is 1010. The number of benzene rings is 1. The van der Waals surface area contributed by atoms with E-state index in [-0.39, 0.29) is 29.3 Å². The van der Waals surface area contributed by atoms with Crippen molar-refractivity contribution in [3.63, 3.8) is 0 Å². The number of carbonyl (C=O) groups is 1. The van der Waals surface area contributed by atoms with E-state index in [9.17, 15) is 9.90 Å². The fourth-order valence-corrected chi connectivity index (χ4v) is 4.29. The number of aromatic amines is 1. The van der Waals surface area contributed by atoms with Crippen molar-refractivity contribution in [2.45, 2.75) is 65.2 Å². The number of aryl methyl sites for hydroxylation is 1. The van der Waals surface area contributed by atoms with E-state index in [0.717, 1.165) is 39.5 Å². The third kappa shape index (κ3) is 3.02. The van der Waals surface area contributed by atoms with Gasteiger partial charge in [-0.2, -0.15) is 5.10 Å². The van der Waals surface area contributed by atoms with Gasteiger partial charge in [0.1, 0.15) is 12.4 Å². The van der Waals surface area contributed by atoms with Crippen molar-refractivity contribution in [2.75, 3.05) is 11.9 Å². The Morgan fingerprint density at radius 3 is 2.24 bits per heavy atom. The molecule has 3 N–H and O–H groups in total. The molecule has 0 radical (unpaired) electrons. The van der Waals surface area contributed by atoms with Crippen molar-refractivity contribution in [2.24, 2.45) is 0 Å². The Balaban J connectivity index is 2.03. The topological polar surface area (TPSA) is 87.2 Å². The highest BCUT2D eigenvalue weighted by atomic mass is 16.5. The summed E-state index contributed by atoms with van der Waals surface area (Å²) in [6.07, 6.45) is 0. The predicted molar refractivity (Wildman–Crippen MR) is 112 cm³/mol. The predicted octanol–water partition coefficient (Wildman–Crippen LogP) is 4.39. The van der Waals surface area contributed by atoms with E-state index in [4.69, 9.17) is 4.74 Å². The lowest BCUT2D eigenvalue weighted by Gasteiger charge is -2.31. The molecule has 0 fully saturated rings. The number of ether oxygens (including phenoxy) is 1. The molecule has 2 aromatic rings. The third-order valence-electron chi connectivity index (χ3n) is 5.82. The van der Waals surface area contributed by atoms with Gasteiger partial charge in [0.2, 0.25) is 0 Å². The van der Waals surface area contributed by atoms with Crippen LogP contribution in [-0.4, -0.2) is 27.9 Å². The Morgan fingerprint density at radius 2 is 1.69 bits per heavy atom. The minimum absolute atomic E-state index is 0.229. The highest BCUT2D eigenvalue weighted by Crippen LogP contribution is 2.48. The molecule has 1 aromatic heterocycles. The zero-order valence-corrected chi connectivity index (χ0v) is 18.2. The maximum absolute atomic E-state index is 12.7. The first-order valence-corrected chi connectivity index (χ1v) is 9.99. The summed E-state index contributed by atoms with van der Waals surface area (Å²) in [6, 6.07) is 4.07. The third-order valence-corrected chi connectivity index (χ3v) is 5.82. The van der Waals surface area contributed by atoms with Crippen LogP contribution < -0.4 is 5.32 Å². The van der Waals surface area contributed by atoms with Crippen molar-refractivity contribution in [3.05, 3.63) is 51.4 Å². The molecule has 2 aliphatic heterocycles. The second-order valence-electron chi connectivity index (χ2n) is 10.1. The highest BCUT2D eigenvalue weighted by molar-refractivity contribution is 5.97. The van der Waals surface area contributed by atoms with Crippen molar-refractivity contribution in [1.29, 1.82) is 0 Å². The smallest absolute Gasteiger partial charge is 0.337 e. The maximum Gasteiger partial charge on any atom is 0.337 e. The van der Waals surface area contributed by atoms with E-state index >= 15 is 0 Å². The molecule has 0 aliphatic carbocycles. The van der Waals surface area contributed by atoms with Crippen LogP contribution in [0.25, 0.3) is 0 Å². The number of nitrogens with one attached hydrogen (secondary N) is 2. The van der Waals surface area contributed by atoms with Gasteiger partial charge in [-0.05, 0) is 34.4 Å². The Morgan fingerprint density at radius 1 is 1.10 bits per heavy atom. The van der Waals surface area contributed by atoms with Gasteiger partial charge in [-0.15, -0.1) is 0 Å². The number of hydrogen-bond acceptors (Lipinski definition) is 5. The summed E-state index contributed by atoms with van der Waals surface area (Å²) in [7, 11) is 0. The van der Waals surface area contributed by atoms with Crippen LogP contribution in [0.5, 0.6) is 5.75 Å². The van der Waals surface area contributed by atoms with Crippen LogP contribution in [0, 0.1) is 6.92 Å². The molecule has 0 unspecified atom stereocenters. The maximum atomic E-state index is 12.7. The molecular weight excluding hydrogens is 366 g/mol.